The molecule has 1 spiro atoms. The Morgan fingerprint density at radius 3 is 2.14 bits per heavy atom. The van der Waals surface area contributed by atoms with Crippen molar-refractivity contribution < 1.29 is 0 Å². The highest BCUT2D eigenvalue weighted by Crippen LogP contribution is 2.84. The van der Waals surface area contributed by atoms with Gasteiger partial charge in [-0.15, -0.1) is 0 Å². The van der Waals surface area contributed by atoms with Gasteiger partial charge in [-0.3, -0.25) is 0 Å². The molecule has 0 amide bonds. The minimum Gasteiger partial charge on any atom is -0.394 e. The zero-order valence-electron chi connectivity index (χ0n) is 9.72. The zero-order valence-corrected chi connectivity index (χ0v) is 9.72. The third kappa shape index (κ3) is 1.56. The average molecular weight is 196 g/mol. The second-order valence-electron chi connectivity index (χ2n) is 4.48. The van der Waals surface area contributed by atoms with E-state index in [4.69, 9.17) is 0 Å². The summed E-state index contributed by atoms with van der Waals surface area (Å²) in [6.07, 6.45) is 6.39. The molecule has 0 aromatic heterocycles. The molecule has 0 aromatic carbocycles. The van der Waals surface area contributed by atoms with Gasteiger partial charge in [-0.05, 0) is 55.7 Å². The van der Waals surface area contributed by atoms with E-state index in [0.717, 1.165) is 11.3 Å². The molecular formula is C12H24N2. The van der Waals surface area contributed by atoms with Crippen molar-refractivity contribution in [3.8, 4) is 0 Å². The zero-order chi connectivity index (χ0) is 10.8. The SMILES string of the molecule is C=CNC.CC1C2CCC3CC312.CN. The summed E-state index contributed by atoms with van der Waals surface area (Å²) in [6, 6.07) is 0. The van der Waals surface area contributed by atoms with Crippen LogP contribution in [0.25, 0.3) is 0 Å². The summed E-state index contributed by atoms with van der Waals surface area (Å²) in [5, 5.41) is 2.69. The van der Waals surface area contributed by atoms with Gasteiger partial charge in [-0.1, -0.05) is 13.5 Å². The number of nitrogens with two attached hydrogens (primary N) is 1. The van der Waals surface area contributed by atoms with Crippen molar-refractivity contribution >= 4 is 0 Å². The van der Waals surface area contributed by atoms with Crippen LogP contribution in [0.3, 0.4) is 0 Å². The largest absolute Gasteiger partial charge is 0.394 e. The molecule has 0 heterocycles. The van der Waals surface area contributed by atoms with E-state index in [0.29, 0.717) is 0 Å². The molecule has 3 N–H and O–H groups in total. The normalized spacial score (nSPS) is 44.1. The summed E-state index contributed by atoms with van der Waals surface area (Å²) in [6.45, 7) is 5.82. The summed E-state index contributed by atoms with van der Waals surface area (Å²) < 4.78 is 0. The Hall–Kier alpha value is -0.500. The highest BCUT2D eigenvalue weighted by molar-refractivity contribution is 5.26. The molecule has 3 aliphatic carbocycles. The quantitative estimate of drug-likeness (QED) is 0.673. The van der Waals surface area contributed by atoms with Crippen LogP contribution in [-0.2, 0) is 0 Å². The molecule has 4 unspecified atom stereocenters. The van der Waals surface area contributed by atoms with Gasteiger partial charge < -0.3 is 11.1 Å². The Morgan fingerprint density at radius 1 is 1.43 bits per heavy atom. The van der Waals surface area contributed by atoms with Crippen molar-refractivity contribution in [1.82, 2.24) is 5.32 Å². The molecule has 3 fully saturated rings. The van der Waals surface area contributed by atoms with Gasteiger partial charge in [0, 0.05) is 7.05 Å². The first-order valence-electron chi connectivity index (χ1n) is 5.63. The summed E-state index contributed by atoms with van der Waals surface area (Å²) in [7, 11) is 3.31. The smallest absolute Gasteiger partial charge is 0.00275 e. The number of hydrogen-bond acceptors (Lipinski definition) is 2. The lowest BCUT2D eigenvalue weighted by molar-refractivity contribution is 0.608. The van der Waals surface area contributed by atoms with Crippen LogP contribution in [0.4, 0.5) is 0 Å². The lowest BCUT2D eigenvalue weighted by Crippen LogP contribution is -1.87. The second kappa shape index (κ2) is 4.35. The van der Waals surface area contributed by atoms with Crippen molar-refractivity contribution in [3.63, 3.8) is 0 Å². The lowest BCUT2D eigenvalue weighted by Gasteiger charge is -1.90. The predicted molar refractivity (Wildman–Crippen MR) is 61.8 cm³/mol. The van der Waals surface area contributed by atoms with Gasteiger partial charge in [-0.25, -0.2) is 0 Å². The monoisotopic (exact) mass is 196 g/mol. The standard InChI is InChI=1S/C8H12.C3H7N.CH5N/c1-5-7-3-2-6-4-8(5,6)7;1-3-4-2;1-2/h5-7H,2-4H2,1H3;3-4H,1H2,2H3;2H2,1H3. The predicted octanol–water partition coefficient (Wildman–Crippen LogP) is 1.98. The molecule has 2 nitrogen and oxygen atoms in total. The summed E-state index contributed by atoms with van der Waals surface area (Å²) in [5.41, 5.74) is 5.49. The van der Waals surface area contributed by atoms with Crippen molar-refractivity contribution in [1.29, 1.82) is 0 Å². The first-order chi connectivity index (χ1) is 6.77. The van der Waals surface area contributed by atoms with Crippen LogP contribution in [0, 0.1) is 23.2 Å². The molecule has 0 aliphatic heterocycles. The fourth-order valence-electron chi connectivity index (χ4n) is 3.40. The fraction of sp³-hybridized carbons (Fsp3) is 0.833. The average Bonchev–Trinajstić information content (AvgIpc) is 3.07. The molecule has 0 bridgehead atoms. The number of rotatable bonds is 1. The Kier molecular flexibility index (Phi) is 3.59. The highest BCUT2D eigenvalue weighted by Gasteiger charge is 2.78. The van der Waals surface area contributed by atoms with Crippen LogP contribution in [0.2, 0.25) is 0 Å². The van der Waals surface area contributed by atoms with Crippen LogP contribution >= 0.6 is 0 Å². The van der Waals surface area contributed by atoms with Crippen LogP contribution in [-0.4, -0.2) is 14.1 Å². The van der Waals surface area contributed by atoms with Crippen LogP contribution in [0.15, 0.2) is 12.8 Å². The van der Waals surface area contributed by atoms with Gasteiger partial charge in [0.1, 0.15) is 0 Å². The number of hydrogen-bond donors (Lipinski definition) is 2. The number of nitrogens with one attached hydrogen (secondary N) is 1. The third-order valence-corrected chi connectivity index (χ3v) is 4.26. The Balaban J connectivity index is 0.000000143. The maximum atomic E-state index is 4.50. The maximum Gasteiger partial charge on any atom is 0.00275 e. The van der Waals surface area contributed by atoms with E-state index in [2.05, 4.69) is 24.6 Å². The summed E-state index contributed by atoms with van der Waals surface area (Å²) in [5.74, 6) is 3.55. The molecule has 0 saturated heterocycles. The van der Waals surface area contributed by atoms with Crippen molar-refractivity contribution in [2.24, 2.45) is 28.9 Å². The van der Waals surface area contributed by atoms with Gasteiger partial charge >= 0.3 is 0 Å². The van der Waals surface area contributed by atoms with Gasteiger partial charge in [0.2, 0.25) is 0 Å². The van der Waals surface area contributed by atoms with Gasteiger partial charge in [0.25, 0.3) is 0 Å². The Morgan fingerprint density at radius 2 is 2.00 bits per heavy atom. The van der Waals surface area contributed by atoms with Crippen molar-refractivity contribution in [3.05, 3.63) is 12.8 Å². The fourth-order valence-corrected chi connectivity index (χ4v) is 3.40. The summed E-state index contributed by atoms with van der Waals surface area (Å²) >= 11 is 0. The first-order valence-corrected chi connectivity index (χ1v) is 5.63. The minimum absolute atomic E-state index is 0.986. The second-order valence-corrected chi connectivity index (χ2v) is 4.48. The molecular weight excluding hydrogens is 172 g/mol. The molecule has 0 radical (unpaired) electrons. The molecule has 3 rings (SSSR count). The molecule has 14 heavy (non-hydrogen) atoms. The molecule has 3 aliphatic rings. The van der Waals surface area contributed by atoms with Crippen molar-refractivity contribution in [2.75, 3.05) is 14.1 Å². The molecule has 82 valence electrons. The lowest BCUT2D eigenvalue weighted by atomic mass is 10.2. The third-order valence-electron chi connectivity index (χ3n) is 4.26. The van der Waals surface area contributed by atoms with Gasteiger partial charge in [-0.2, -0.15) is 0 Å². The van der Waals surface area contributed by atoms with E-state index in [9.17, 15) is 0 Å². The van der Waals surface area contributed by atoms with Crippen LogP contribution < -0.4 is 11.1 Å². The van der Waals surface area contributed by atoms with Crippen molar-refractivity contribution in [2.45, 2.75) is 26.2 Å². The van der Waals surface area contributed by atoms with E-state index in [1.165, 1.54) is 18.9 Å². The topological polar surface area (TPSA) is 38.0 Å². The molecule has 0 aromatic rings. The van der Waals surface area contributed by atoms with E-state index in [-0.39, 0.29) is 0 Å². The Labute approximate surface area is 87.9 Å². The Bertz CT molecular complexity index is 198. The van der Waals surface area contributed by atoms with E-state index in [1.54, 1.807) is 25.5 Å². The maximum absolute atomic E-state index is 4.50. The van der Waals surface area contributed by atoms with Gasteiger partial charge in [0.15, 0.2) is 0 Å². The summed E-state index contributed by atoms with van der Waals surface area (Å²) in [4.78, 5) is 0. The minimum atomic E-state index is 0.986. The first kappa shape index (κ1) is 11.6. The van der Waals surface area contributed by atoms with Gasteiger partial charge in [0.05, 0.1) is 0 Å². The van der Waals surface area contributed by atoms with E-state index >= 15 is 0 Å². The molecule has 2 heteroatoms. The van der Waals surface area contributed by atoms with Crippen LogP contribution in [0.1, 0.15) is 26.2 Å². The highest BCUT2D eigenvalue weighted by atomic mass is 14.8. The molecule has 4 atom stereocenters. The van der Waals surface area contributed by atoms with Crippen LogP contribution in [0.5, 0.6) is 0 Å². The van der Waals surface area contributed by atoms with E-state index < -0.39 is 0 Å². The van der Waals surface area contributed by atoms with E-state index in [1.807, 2.05) is 7.05 Å². The molecule has 3 saturated carbocycles.